The molecule has 0 saturated carbocycles. The van der Waals surface area contributed by atoms with Crippen LogP contribution in [0, 0.1) is 17.0 Å². The molecule has 0 fully saturated rings. The Kier molecular flexibility index (Phi) is 5.28. The Morgan fingerprint density at radius 1 is 1.35 bits per heavy atom. The minimum atomic E-state index is -0.543. The first kappa shape index (κ1) is 17.6. The van der Waals surface area contributed by atoms with Gasteiger partial charge in [0.2, 0.25) is 0 Å². The zero-order valence-electron chi connectivity index (χ0n) is 14.1. The van der Waals surface area contributed by atoms with E-state index < -0.39 is 10.9 Å². The molecule has 0 aliphatic carbocycles. The molecular weight excluding hydrogens is 338 g/mol. The molecule has 0 saturated heterocycles. The fourth-order valence-electron chi connectivity index (χ4n) is 2.63. The van der Waals surface area contributed by atoms with Crippen molar-refractivity contribution in [2.45, 2.75) is 20.1 Å². The minimum Gasteiger partial charge on any atom is -0.467 e. The van der Waals surface area contributed by atoms with Crippen molar-refractivity contribution in [1.29, 1.82) is 0 Å². The molecule has 0 unspecified atom stereocenters. The normalized spacial score (nSPS) is 13.1. The second-order valence-corrected chi connectivity index (χ2v) is 5.82. The van der Waals surface area contributed by atoms with Crippen molar-refractivity contribution in [3.63, 3.8) is 0 Å². The van der Waals surface area contributed by atoms with Gasteiger partial charge in [0, 0.05) is 29.3 Å². The van der Waals surface area contributed by atoms with Crippen LogP contribution in [0.25, 0.3) is 6.08 Å². The molecule has 0 atom stereocenters. The van der Waals surface area contributed by atoms with Gasteiger partial charge in [-0.3, -0.25) is 10.1 Å². The molecule has 2 aromatic carbocycles. The van der Waals surface area contributed by atoms with Crippen LogP contribution >= 0.6 is 0 Å². The molecule has 2 aromatic rings. The minimum absolute atomic E-state index is 0.0546. The fraction of sp³-hybridized carbons (Fsp3) is 0.211. The molecule has 0 spiro atoms. The van der Waals surface area contributed by atoms with Gasteiger partial charge in [0.1, 0.15) is 12.4 Å². The van der Waals surface area contributed by atoms with E-state index in [9.17, 15) is 14.9 Å². The molecule has 0 radical (unpaired) electrons. The van der Waals surface area contributed by atoms with Gasteiger partial charge in [-0.15, -0.1) is 0 Å². The lowest BCUT2D eigenvalue weighted by atomic mass is 10.1. The maximum Gasteiger partial charge on any atom is 0.331 e. The summed E-state index contributed by atoms with van der Waals surface area (Å²) < 4.78 is 15.8. The third kappa shape index (κ3) is 4.25. The van der Waals surface area contributed by atoms with E-state index in [1.165, 1.54) is 18.2 Å². The fourth-order valence-corrected chi connectivity index (χ4v) is 2.63. The Morgan fingerprint density at radius 3 is 2.96 bits per heavy atom. The number of hydrogen-bond donors (Lipinski definition) is 0. The molecule has 0 bridgehead atoms. The van der Waals surface area contributed by atoms with Crippen LogP contribution in [0.2, 0.25) is 0 Å². The summed E-state index contributed by atoms with van der Waals surface area (Å²) in [6.45, 7) is 2.11. The highest BCUT2D eigenvalue weighted by Crippen LogP contribution is 2.33. The van der Waals surface area contributed by atoms with Crippen molar-refractivity contribution >= 4 is 17.7 Å². The molecule has 1 heterocycles. The first-order valence-corrected chi connectivity index (χ1v) is 7.95. The maximum atomic E-state index is 12.0. The van der Waals surface area contributed by atoms with Crippen molar-refractivity contribution in [2.75, 3.05) is 6.79 Å². The van der Waals surface area contributed by atoms with Gasteiger partial charge < -0.3 is 14.2 Å². The number of non-ortho nitro benzene ring substituents is 1. The predicted octanol–water partition coefficient (Wildman–Crippen LogP) is 3.53. The van der Waals surface area contributed by atoms with Crippen LogP contribution in [-0.4, -0.2) is 17.7 Å². The average Bonchev–Trinajstić information content (AvgIpc) is 2.64. The number of ether oxygens (including phenoxy) is 3. The lowest BCUT2D eigenvalue weighted by Gasteiger charge is -2.20. The monoisotopic (exact) mass is 355 g/mol. The summed E-state index contributed by atoms with van der Waals surface area (Å²) in [7, 11) is 0. The zero-order valence-corrected chi connectivity index (χ0v) is 14.1. The molecular formula is C19H17NO6. The third-order valence-electron chi connectivity index (χ3n) is 3.81. The Hall–Kier alpha value is -3.19. The maximum absolute atomic E-state index is 12.0. The first-order valence-electron chi connectivity index (χ1n) is 7.95. The summed E-state index contributed by atoms with van der Waals surface area (Å²) in [5.74, 6) is -0.0730. The summed E-state index contributed by atoms with van der Waals surface area (Å²) in [6, 6.07) is 10.4. The number of carbonyl (C=O) groups is 1. The lowest BCUT2D eigenvalue weighted by Crippen LogP contribution is -2.14. The topological polar surface area (TPSA) is 87.9 Å². The van der Waals surface area contributed by atoms with Crippen LogP contribution < -0.4 is 4.74 Å². The van der Waals surface area contributed by atoms with E-state index >= 15 is 0 Å². The first-order chi connectivity index (χ1) is 12.5. The smallest absolute Gasteiger partial charge is 0.331 e. The number of rotatable bonds is 5. The van der Waals surface area contributed by atoms with Crippen LogP contribution in [-0.2, 0) is 27.5 Å². The number of esters is 1. The molecule has 0 N–H and O–H groups in total. The van der Waals surface area contributed by atoms with E-state index in [1.807, 2.05) is 31.2 Å². The molecule has 7 heteroatoms. The van der Waals surface area contributed by atoms with Gasteiger partial charge in [0.05, 0.1) is 11.5 Å². The Morgan fingerprint density at radius 2 is 2.19 bits per heavy atom. The molecule has 0 amide bonds. The predicted molar refractivity (Wildman–Crippen MR) is 93.4 cm³/mol. The third-order valence-corrected chi connectivity index (χ3v) is 3.81. The summed E-state index contributed by atoms with van der Waals surface area (Å²) in [5, 5.41) is 11.1. The van der Waals surface area contributed by atoms with E-state index in [1.54, 1.807) is 6.08 Å². The number of nitro benzene ring substituents is 1. The van der Waals surface area contributed by atoms with Crippen LogP contribution in [0.4, 0.5) is 5.69 Å². The number of hydrogen-bond acceptors (Lipinski definition) is 6. The summed E-state index contributed by atoms with van der Waals surface area (Å²) >= 11 is 0. The summed E-state index contributed by atoms with van der Waals surface area (Å²) in [5.41, 5.74) is 2.87. The summed E-state index contributed by atoms with van der Waals surface area (Å²) in [6.07, 6.45) is 2.98. The number of carbonyl (C=O) groups excluding carboxylic acids is 1. The van der Waals surface area contributed by atoms with Crippen LogP contribution in [0.15, 0.2) is 42.5 Å². The highest BCUT2D eigenvalue weighted by Gasteiger charge is 2.21. The van der Waals surface area contributed by atoms with E-state index in [0.29, 0.717) is 16.9 Å². The highest BCUT2D eigenvalue weighted by molar-refractivity contribution is 5.87. The van der Waals surface area contributed by atoms with E-state index in [0.717, 1.165) is 11.1 Å². The van der Waals surface area contributed by atoms with Crippen molar-refractivity contribution in [3.05, 3.63) is 74.8 Å². The van der Waals surface area contributed by atoms with Gasteiger partial charge in [-0.25, -0.2) is 4.79 Å². The lowest BCUT2D eigenvalue weighted by molar-refractivity contribution is -0.385. The van der Waals surface area contributed by atoms with Gasteiger partial charge >= 0.3 is 5.97 Å². The molecule has 1 aliphatic rings. The average molecular weight is 355 g/mol. The number of nitro groups is 1. The quantitative estimate of drug-likeness (QED) is 0.353. The zero-order chi connectivity index (χ0) is 18.5. The van der Waals surface area contributed by atoms with E-state index in [-0.39, 0.29) is 25.7 Å². The summed E-state index contributed by atoms with van der Waals surface area (Å²) in [4.78, 5) is 22.5. The van der Waals surface area contributed by atoms with E-state index in [2.05, 4.69) is 0 Å². The van der Waals surface area contributed by atoms with Crippen LogP contribution in [0.3, 0.4) is 0 Å². The largest absolute Gasteiger partial charge is 0.467 e. The van der Waals surface area contributed by atoms with Gasteiger partial charge in [-0.1, -0.05) is 29.8 Å². The molecule has 7 nitrogen and oxygen atoms in total. The molecule has 0 aromatic heterocycles. The van der Waals surface area contributed by atoms with Crippen LogP contribution in [0.1, 0.15) is 22.3 Å². The van der Waals surface area contributed by atoms with E-state index in [4.69, 9.17) is 14.2 Å². The Bertz CT molecular complexity index is 874. The second kappa shape index (κ2) is 7.79. The molecule has 3 rings (SSSR count). The van der Waals surface area contributed by atoms with Gasteiger partial charge in [0.25, 0.3) is 5.69 Å². The van der Waals surface area contributed by atoms with Crippen molar-refractivity contribution in [2.24, 2.45) is 0 Å². The van der Waals surface area contributed by atoms with Crippen molar-refractivity contribution in [3.8, 4) is 5.75 Å². The van der Waals surface area contributed by atoms with Gasteiger partial charge in [0.15, 0.2) is 6.79 Å². The SMILES string of the molecule is Cc1cccc(/C=C/C(=O)OCc2cc([N+](=O)[O-])cc3c2OCOC3)c1. The number of fused-ring (bicyclic) bond motifs is 1. The number of nitrogens with zero attached hydrogens (tertiary/aromatic N) is 1. The second-order valence-electron chi connectivity index (χ2n) is 5.82. The number of benzene rings is 2. The van der Waals surface area contributed by atoms with Gasteiger partial charge in [-0.05, 0) is 18.6 Å². The van der Waals surface area contributed by atoms with Crippen molar-refractivity contribution < 1.29 is 23.9 Å². The molecule has 26 heavy (non-hydrogen) atoms. The standard InChI is InChI=1S/C19H17NO6/c1-13-3-2-4-14(7-13)5-6-18(21)25-11-16-9-17(20(22)23)8-15-10-24-12-26-19(15)16/h2-9H,10-12H2,1H3/b6-5+. The molecule has 134 valence electrons. The van der Waals surface area contributed by atoms with Crippen molar-refractivity contribution in [1.82, 2.24) is 0 Å². The Labute approximate surface area is 150 Å². The Balaban J connectivity index is 1.71. The van der Waals surface area contributed by atoms with Gasteiger partial charge in [-0.2, -0.15) is 0 Å². The number of aryl methyl sites for hydroxylation is 1. The highest BCUT2D eigenvalue weighted by atomic mass is 16.7. The molecule has 1 aliphatic heterocycles. The van der Waals surface area contributed by atoms with Crippen LogP contribution in [0.5, 0.6) is 5.75 Å².